The highest BCUT2D eigenvalue weighted by atomic mass is 19.4. The molecule has 0 amide bonds. The summed E-state index contributed by atoms with van der Waals surface area (Å²) in [6.45, 7) is 1.08. The van der Waals surface area contributed by atoms with Gasteiger partial charge >= 0.3 is 18.0 Å². The predicted octanol–water partition coefficient (Wildman–Crippen LogP) is 1.82. The molecule has 7 nitrogen and oxygen atoms in total. The van der Waals surface area contributed by atoms with Gasteiger partial charge in [0.15, 0.2) is 0 Å². The van der Waals surface area contributed by atoms with Crippen LogP contribution in [0.3, 0.4) is 0 Å². The number of pyridine rings is 1. The van der Waals surface area contributed by atoms with Crippen molar-refractivity contribution in [3.8, 4) is 5.75 Å². The lowest BCUT2D eigenvalue weighted by Crippen LogP contribution is -2.20. The van der Waals surface area contributed by atoms with Gasteiger partial charge in [-0.15, -0.1) is 13.2 Å². The fourth-order valence-corrected chi connectivity index (χ4v) is 1.34. The third-order valence-electron chi connectivity index (χ3n) is 2.00. The monoisotopic (exact) mass is 280 g/mol. The van der Waals surface area contributed by atoms with Gasteiger partial charge in [0.2, 0.25) is 5.75 Å². The fraction of sp³-hybridized carbons (Fsp3) is 0.333. The molecule has 0 radical (unpaired) electrons. The Hall–Kier alpha value is -2.39. The molecule has 0 saturated heterocycles. The molecule has 1 aromatic heterocycles. The lowest BCUT2D eigenvalue weighted by molar-refractivity contribution is -0.389. The van der Waals surface area contributed by atoms with Crippen LogP contribution in [0.1, 0.15) is 11.3 Å². The van der Waals surface area contributed by atoms with Crippen molar-refractivity contribution in [3.05, 3.63) is 27.6 Å². The minimum absolute atomic E-state index is 0.363. The van der Waals surface area contributed by atoms with Crippen molar-refractivity contribution in [3.63, 3.8) is 0 Å². The number of ether oxygens (including phenoxy) is 1. The normalized spacial score (nSPS) is 11.2. The highest BCUT2D eigenvalue weighted by molar-refractivity contribution is 5.73. The maximum absolute atomic E-state index is 12.2. The Bertz CT molecular complexity index is 529. The van der Waals surface area contributed by atoms with Crippen LogP contribution in [0.25, 0.3) is 0 Å². The Labute approximate surface area is 103 Å². The molecule has 0 saturated carbocycles. The number of nitro groups is 1. The van der Waals surface area contributed by atoms with Crippen molar-refractivity contribution >= 4 is 11.7 Å². The Morgan fingerprint density at radius 2 is 2.16 bits per heavy atom. The first-order chi connectivity index (χ1) is 8.61. The number of carboxylic acids is 1. The minimum Gasteiger partial charge on any atom is -0.481 e. The van der Waals surface area contributed by atoms with E-state index >= 15 is 0 Å². The molecule has 0 fully saturated rings. The third kappa shape index (κ3) is 3.79. The molecule has 0 aromatic carbocycles. The predicted molar refractivity (Wildman–Crippen MR) is 53.7 cm³/mol. The van der Waals surface area contributed by atoms with Crippen molar-refractivity contribution in [2.24, 2.45) is 0 Å². The first kappa shape index (κ1) is 14.7. The van der Waals surface area contributed by atoms with Gasteiger partial charge in [-0.05, 0) is 6.92 Å². The molecule has 10 heteroatoms. The lowest BCUT2D eigenvalue weighted by atomic mass is 10.1. The summed E-state index contributed by atoms with van der Waals surface area (Å²) in [6.07, 6.45) is -5.14. The summed E-state index contributed by atoms with van der Waals surface area (Å²) in [7, 11) is 0. The number of rotatable bonds is 4. The number of aliphatic carboxylic acids is 1. The van der Waals surface area contributed by atoms with Crippen LogP contribution < -0.4 is 4.74 Å². The van der Waals surface area contributed by atoms with E-state index in [1.165, 1.54) is 0 Å². The Balaban J connectivity index is 3.41. The van der Waals surface area contributed by atoms with Gasteiger partial charge in [-0.3, -0.25) is 19.9 Å². The first-order valence-electron chi connectivity index (χ1n) is 4.72. The zero-order valence-corrected chi connectivity index (χ0v) is 9.39. The van der Waals surface area contributed by atoms with Crippen molar-refractivity contribution in [1.82, 2.24) is 4.98 Å². The Morgan fingerprint density at radius 3 is 2.58 bits per heavy atom. The van der Waals surface area contributed by atoms with Crippen LogP contribution >= 0.6 is 0 Å². The smallest absolute Gasteiger partial charge is 0.481 e. The number of nitrogens with zero attached hydrogens (tertiary/aromatic N) is 2. The van der Waals surface area contributed by atoms with Crippen molar-refractivity contribution in [1.29, 1.82) is 0 Å². The standard InChI is InChI=1S/C9H7F3N2O5/c1-4-8(19-9(10,11)12)7(14(17)18)5(3-13-4)2-6(15)16/h3H,2H2,1H3,(H,15,16). The number of alkyl halides is 3. The molecule has 19 heavy (non-hydrogen) atoms. The number of carbonyl (C=O) groups is 1. The van der Waals surface area contributed by atoms with E-state index in [0.717, 1.165) is 13.1 Å². The zero-order valence-electron chi connectivity index (χ0n) is 9.39. The molecular formula is C9H7F3N2O5. The average molecular weight is 280 g/mol. The van der Waals surface area contributed by atoms with Gasteiger partial charge in [0.25, 0.3) is 0 Å². The van der Waals surface area contributed by atoms with Crippen LogP contribution in [-0.4, -0.2) is 27.3 Å². The number of carboxylic acid groups (broad SMARTS) is 1. The molecule has 0 bridgehead atoms. The summed E-state index contributed by atoms with van der Waals surface area (Å²) in [5, 5.41) is 19.4. The van der Waals surface area contributed by atoms with Gasteiger partial charge in [0, 0.05) is 6.20 Å². The topological polar surface area (TPSA) is 103 Å². The minimum atomic E-state index is -5.14. The lowest BCUT2D eigenvalue weighted by Gasteiger charge is -2.12. The molecule has 0 aliphatic heterocycles. The van der Waals surface area contributed by atoms with Gasteiger partial charge < -0.3 is 9.84 Å². The molecule has 0 atom stereocenters. The van der Waals surface area contributed by atoms with Gasteiger partial charge in [-0.2, -0.15) is 0 Å². The summed E-state index contributed by atoms with van der Waals surface area (Å²) < 4.78 is 40.1. The Morgan fingerprint density at radius 1 is 1.58 bits per heavy atom. The number of hydrogen-bond donors (Lipinski definition) is 1. The van der Waals surface area contributed by atoms with Gasteiger partial charge in [0.05, 0.1) is 22.6 Å². The molecule has 0 spiro atoms. The third-order valence-corrected chi connectivity index (χ3v) is 2.00. The highest BCUT2D eigenvalue weighted by Crippen LogP contribution is 2.36. The van der Waals surface area contributed by atoms with E-state index in [9.17, 15) is 28.1 Å². The van der Waals surface area contributed by atoms with E-state index in [0.29, 0.717) is 0 Å². The fourth-order valence-electron chi connectivity index (χ4n) is 1.34. The molecule has 1 N–H and O–H groups in total. The maximum Gasteiger partial charge on any atom is 0.573 e. The second-order valence-electron chi connectivity index (χ2n) is 3.42. The van der Waals surface area contributed by atoms with Gasteiger partial charge in [-0.1, -0.05) is 0 Å². The van der Waals surface area contributed by atoms with E-state index in [1.54, 1.807) is 0 Å². The molecular weight excluding hydrogens is 273 g/mol. The van der Waals surface area contributed by atoms with Crippen LogP contribution in [0.15, 0.2) is 6.20 Å². The van der Waals surface area contributed by atoms with Crippen LogP contribution in [0, 0.1) is 17.0 Å². The number of aryl methyl sites for hydroxylation is 1. The Kier molecular flexibility index (Phi) is 3.92. The molecule has 104 valence electrons. The van der Waals surface area contributed by atoms with Crippen LogP contribution in [0.2, 0.25) is 0 Å². The van der Waals surface area contributed by atoms with Crippen LogP contribution in [0.4, 0.5) is 18.9 Å². The molecule has 0 aliphatic rings. The van der Waals surface area contributed by atoms with Crippen LogP contribution in [-0.2, 0) is 11.2 Å². The number of aromatic nitrogens is 1. The SMILES string of the molecule is Cc1ncc(CC(=O)O)c([N+](=O)[O-])c1OC(F)(F)F. The highest BCUT2D eigenvalue weighted by Gasteiger charge is 2.37. The second kappa shape index (κ2) is 5.08. The summed E-state index contributed by atoms with van der Waals surface area (Å²) in [6, 6.07) is 0. The summed E-state index contributed by atoms with van der Waals surface area (Å²) in [4.78, 5) is 23.6. The van der Waals surface area contributed by atoms with Crippen molar-refractivity contribution in [2.45, 2.75) is 19.7 Å². The van der Waals surface area contributed by atoms with E-state index in [1.807, 2.05) is 0 Å². The van der Waals surface area contributed by atoms with E-state index in [2.05, 4.69) is 9.72 Å². The van der Waals surface area contributed by atoms with Crippen molar-refractivity contribution in [2.75, 3.05) is 0 Å². The quantitative estimate of drug-likeness (QED) is 0.666. The van der Waals surface area contributed by atoms with E-state index in [4.69, 9.17) is 5.11 Å². The van der Waals surface area contributed by atoms with Gasteiger partial charge in [0.1, 0.15) is 0 Å². The molecule has 0 unspecified atom stereocenters. The van der Waals surface area contributed by atoms with Gasteiger partial charge in [-0.25, -0.2) is 0 Å². The average Bonchev–Trinajstić information content (AvgIpc) is 2.19. The largest absolute Gasteiger partial charge is 0.573 e. The molecule has 1 aromatic rings. The maximum atomic E-state index is 12.2. The molecule has 0 aliphatic carbocycles. The second-order valence-corrected chi connectivity index (χ2v) is 3.42. The zero-order chi connectivity index (χ0) is 14.8. The number of hydrogen-bond acceptors (Lipinski definition) is 5. The first-order valence-corrected chi connectivity index (χ1v) is 4.72. The molecule has 1 heterocycles. The van der Waals surface area contributed by atoms with E-state index in [-0.39, 0.29) is 5.69 Å². The summed E-state index contributed by atoms with van der Waals surface area (Å²) in [5.74, 6) is -2.54. The van der Waals surface area contributed by atoms with E-state index < -0.39 is 40.7 Å². The summed E-state index contributed by atoms with van der Waals surface area (Å²) in [5.41, 5.74) is -1.88. The van der Waals surface area contributed by atoms with Crippen LogP contribution in [0.5, 0.6) is 5.75 Å². The molecule has 1 rings (SSSR count). The summed E-state index contributed by atoms with van der Waals surface area (Å²) >= 11 is 0. The number of halogens is 3. The van der Waals surface area contributed by atoms with Crippen molar-refractivity contribution < 1.29 is 32.7 Å².